The Morgan fingerprint density at radius 2 is 1.67 bits per heavy atom. The number of aryl methyl sites for hydroxylation is 1. The molecule has 170 valence electrons. The molecule has 0 saturated carbocycles. The fraction of sp³-hybridized carbons (Fsp3) is 0.250. The largest absolute Gasteiger partial charge is 0.421 e. The van der Waals surface area contributed by atoms with Crippen molar-refractivity contribution in [3.05, 3.63) is 83.5 Å². The molecule has 2 aromatic carbocycles. The quantitative estimate of drug-likeness (QED) is 0.398. The smallest absolute Gasteiger partial charge is 0.247 e. The van der Waals surface area contributed by atoms with E-state index >= 15 is 0 Å². The molecule has 33 heavy (non-hydrogen) atoms. The van der Waals surface area contributed by atoms with Crippen molar-refractivity contribution in [2.24, 2.45) is 0 Å². The van der Waals surface area contributed by atoms with Gasteiger partial charge in [-0.15, -0.1) is 10.2 Å². The Bertz CT molecular complexity index is 1190. The van der Waals surface area contributed by atoms with Gasteiger partial charge in [0.1, 0.15) is 5.82 Å². The van der Waals surface area contributed by atoms with Crippen molar-refractivity contribution in [1.82, 2.24) is 30.8 Å². The fourth-order valence-electron chi connectivity index (χ4n) is 3.26. The number of nitrogens with zero attached hydrogens (tertiary/aromatic N) is 4. The highest BCUT2D eigenvalue weighted by Crippen LogP contribution is 2.19. The molecule has 9 heteroatoms. The minimum absolute atomic E-state index is 0.130. The molecular weight excluding hydrogens is 426 g/mol. The first-order chi connectivity index (χ1) is 16.0. The molecule has 2 aromatic heterocycles. The molecule has 0 radical (unpaired) electrons. The molecule has 0 bridgehead atoms. The normalized spacial score (nSPS) is 12.1. The number of hydrogen-bond donors (Lipinski definition) is 2. The number of benzene rings is 2. The van der Waals surface area contributed by atoms with E-state index in [1.54, 1.807) is 19.1 Å². The predicted octanol–water partition coefficient (Wildman–Crippen LogP) is 4.05. The van der Waals surface area contributed by atoms with Crippen molar-refractivity contribution in [3.8, 4) is 22.8 Å². The van der Waals surface area contributed by atoms with Crippen molar-refractivity contribution in [3.63, 3.8) is 0 Å². The van der Waals surface area contributed by atoms with Gasteiger partial charge < -0.3 is 15.1 Å². The van der Waals surface area contributed by atoms with Crippen molar-refractivity contribution in [2.45, 2.75) is 33.0 Å². The minimum Gasteiger partial charge on any atom is -0.421 e. The van der Waals surface area contributed by atoms with Crippen molar-refractivity contribution in [2.75, 3.05) is 6.54 Å². The molecule has 0 unspecified atom stereocenters. The van der Waals surface area contributed by atoms with Crippen LogP contribution in [0.3, 0.4) is 0 Å². The Morgan fingerprint density at radius 3 is 2.33 bits per heavy atom. The van der Waals surface area contributed by atoms with Crippen LogP contribution < -0.4 is 10.6 Å². The number of halogens is 2. The van der Waals surface area contributed by atoms with E-state index in [0.717, 1.165) is 23.5 Å². The van der Waals surface area contributed by atoms with E-state index in [1.807, 2.05) is 31.2 Å². The van der Waals surface area contributed by atoms with Crippen LogP contribution in [0, 0.1) is 18.6 Å². The summed E-state index contributed by atoms with van der Waals surface area (Å²) in [4.78, 5) is 7.77. The average molecular weight is 450 g/mol. The van der Waals surface area contributed by atoms with Crippen LogP contribution in [0.2, 0.25) is 0 Å². The van der Waals surface area contributed by atoms with Crippen molar-refractivity contribution in [1.29, 1.82) is 0 Å². The second-order valence-corrected chi connectivity index (χ2v) is 7.77. The molecule has 4 aromatic rings. The third-order valence-electron chi connectivity index (χ3n) is 5.08. The maximum Gasteiger partial charge on any atom is 0.247 e. The van der Waals surface area contributed by atoms with Crippen LogP contribution in [0.1, 0.15) is 23.9 Å². The summed E-state index contributed by atoms with van der Waals surface area (Å²) >= 11 is 0. The van der Waals surface area contributed by atoms with Gasteiger partial charge >= 0.3 is 0 Å². The highest BCUT2D eigenvalue weighted by molar-refractivity contribution is 5.55. The van der Waals surface area contributed by atoms with Crippen LogP contribution >= 0.6 is 0 Å². The maximum atomic E-state index is 14.5. The number of nitrogens with one attached hydrogen (secondary N) is 2. The lowest BCUT2D eigenvalue weighted by Crippen LogP contribution is -2.35. The third kappa shape index (κ3) is 6.03. The summed E-state index contributed by atoms with van der Waals surface area (Å²) in [5, 5.41) is 14.6. The highest BCUT2D eigenvalue weighted by atomic mass is 19.1. The topological polar surface area (TPSA) is 88.8 Å². The van der Waals surface area contributed by atoms with Gasteiger partial charge in [-0.2, -0.15) is 0 Å². The van der Waals surface area contributed by atoms with Crippen LogP contribution in [0.25, 0.3) is 22.8 Å². The van der Waals surface area contributed by atoms with Gasteiger partial charge in [-0.05, 0) is 30.7 Å². The maximum absolute atomic E-state index is 14.5. The molecule has 2 N–H and O–H groups in total. The van der Waals surface area contributed by atoms with Crippen LogP contribution in [-0.4, -0.2) is 32.8 Å². The molecule has 1 atom stereocenters. The zero-order valence-electron chi connectivity index (χ0n) is 18.3. The Morgan fingerprint density at radius 1 is 0.939 bits per heavy atom. The van der Waals surface area contributed by atoms with E-state index in [-0.39, 0.29) is 17.7 Å². The van der Waals surface area contributed by atoms with Crippen LogP contribution in [0.4, 0.5) is 8.78 Å². The van der Waals surface area contributed by atoms with Gasteiger partial charge in [-0.25, -0.2) is 18.7 Å². The second-order valence-electron chi connectivity index (χ2n) is 7.77. The molecule has 0 spiro atoms. The molecule has 7 nitrogen and oxygen atoms in total. The van der Waals surface area contributed by atoms with Crippen LogP contribution in [0.5, 0.6) is 0 Å². The van der Waals surface area contributed by atoms with E-state index in [4.69, 9.17) is 4.42 Å². The summed E-state index contributed by atoms with van der Waals surface area (Å²) in [7, 11) is 0. The van der Waals surface area contributed by atoms with E-state index in [9.17, 15) is 8.78 Å². The van der Waals surface area contributed by atoms with Crippen LogP contribution in [0.15, 0.2) is 59.3 Å². The molecule has 0 aliphatic heterocycles. The summed E-state index contributed by atoms with van der Waals surface area (Å²) in [5.41, 5.74) is 3.06. The summed E-state index contributed by atoms with van der Waals surface area (Å²) in [6.07, 6.45) is 2.13. The lowest BCUT2D eigenvalue weighted by Gasteiger charge is -2.15. The number of rotatable bonds is 9. The lowest BCUT2D eigenvalue weighted by molar-refractivity contribution is 0.491. The highest BCUT2D eigenvalue weighted by Gasteiger charge is 2.10. The SMILES string of the molecule is Cc1nnc(-c2ccc(CNC[C@H](C)NCc3ccc(-c4ncc(F)cn4)cc3F)cc2)o1. The third-order valence-corrected chi connectivity index (χ3v) is 5.08. The summed E-state index contributed by atoms with van der Waals surface area (Å²) in [5.74, 6) is 0.445. The average Bonchev–Trinajstić information content (AvgIpc) is 3.25. The van der Waals surface area contributed by atoms with Crippen molar-refractivity contribution < 1.29 is 13.2 Å². The molecule has 2 heterocycles. The van der Waals surface area contributed by atoms with E-state index in [2.05, 4.69) is 30.8 Å². The molecule has 0 aliphatic carbocycles. The van der Waals surface area contributed by atoms with Gasteiger partial charge in [0.15, 0.2) is 11.6 Å². The standard InChI is InChI=1S/C24H24F2N6O/c1-15(10-27-11-17-3-5-18(6-4-17)24-32-31-16(2)33-24)28-12-20-8-7-19(9-22(20)26)23-29-13-21(25)14-30-23/h3-9,13-15,27-28H,10-12H2,1-2H3/t15-/m0/s1. The summed E-state index contributed by atoms with van der Waals surface area (Å²) < 4.78 is 32.9. The fourth-order valence-corrected chi connectivity index (χ4v) is 3.26. The molecular formula is C24H24F2N6O. The van der Waals surface area contributed by atoms with E-state index in [0.29, 0.717) is 42.5 Å². The van der Waals surface area contributed by atoms with Gasteiger partial charge in [0.05, 0.1) is 12.4 Å². The molecule has 4 rings (SSSR count). The zero-order valence-corrected chi connectivity index (χ0v) is 18.3. The summed E-state index contributed by atoms with van der Waals surface area (Å²) in [6.45, 7) is 5.60. The molecule has 0 aliphatic rings. The zero-order chi connectivity index (χ0) is 23.2. The van der Waals surface area contributed by atoms with Gasteiger partial charge in [-0.3, -0.25) is 0 Å². The van der Waals surface area contributed by atoms with E-state index in [1.165, 1.54) is 6.07 Å². The molecule has 0 amide bonds. The Hall–Kier alpha value is -3.56. The Balaban J connectivity index is 1.23. The monoisotopic (exact) mass is 450 g/mol. The first kappa shape index (κ1) is 22.6. The Kier molecular flexibility index (Phi) is 7.11. The summed E-state index contributed by atoms with van der Waals surface area (Å²) in [6, 6.07) is 12.9. The van der Waals surface area contributed by atoms with E-state index < -0.39 is 5.82 Å². The first-order valence-corrected chi connectivity index (χ1v) is 10.6. The van der Waals surface area contributed by atoms with Crippen molar-refractivity contribution >= 4 is 0 Å². The second kappa shape index (κ2) is 10.4. The number of hydrogen-bond acceptors (Lipinski definition) is 7. The molecule has 0 saturated heterocycles. The number of aromatic nitrogens is 4. The van der Waals surface area contributed by atoms with Gasteiger partial charge in [0, 0.05) is 49.3 Å². The van der Waals surface area contributed by atoms with Crippen LogP contribution in [-0.2, 0) is 13.1 Å². The Labute approximate surface area is 190 Å². The van der Waals surface area contributed by atoms with Gasteiger partial charge in [-0.1, -0.05) is 24.3 Å². The first-order valence-electron chi connectivity index (χ1n) is 10.6. The van der Waals surface area contributed by atoms with Gasteiger partial charge in [0.25, 0.3) is 0 Å². The minimum atomic E-state index is -0.529. The van der Waals surface area contributed by atoms with Gasteiger partial charge in [0.2, 0.25) is 11.8 Å². The predicted molar refractivity (Wildman–Crippen MR) is 120 cm³/mol. The lowest BCUT2D eigenvalue weighted by atomic mass is 10.1. The molecule has 0 fully saturated rings.